The molecule has 0 atom stereocenters. The molecule has 0 saturated carbocycles. The molecule has 0 fully saturated rings. The van der Waals surface area contributed by atoms with Crippen LogP contribution in [0.1, 0.15) is 5.56 Å². The summed E-state index contributed by atoms with van der Waals surface area (Å²) in [6.07, 6.45) is 3.22. The molecule has 6 nitrogen and oxygen atoms in total. The fourth-order valence-electron chi connectivity index (χ4n) is 2.82. The second-order valence-corrected chi connectivity index (χ2v) is 6.51. The fraction of sp³-hybridized carbons (Fsp3) is 0.0500. The van der Waals surface area contributed by atoms with Gasteiger partial charge in [-0.1, -0.05) is 29.8 Å². The molecule has 4 rings (SSSR count). The van der Waals surface area contributed by atoms with Gasteiger partial charge in [0.1, 0.15) is 12.0 Å². The van der Waals surface area contributed by atoms with Crippen molar-refractivity contribution in [1.82, 2.24) is 15.0 Å². The van der Waals surface area contributed by atoms with E-state index in [9.17, 15) is 0 Å². The van der Waals surface area contributed by atoms with E-state index < -0.39 is 0 Å². The van der Waals surface area contributed by atoms with Gasteiger partial charge in [0.25, 0.3) is 0 Å². The first kappa shape index (κ1) is 17.1. The molecule has 4 N–H and O–H groups in total. The number of fused-ring (bicyclic) bond motifs is 1. The van der Waals surface area contributed by atoms with E-state index in [0.717, 1.165) is 27.8 Å². The molecule has 2 aromatic carbocycles. The monoisotopic (exact) mass is 376 g/mol. The molecule has 0 aliphatic heterocycles. The van der Waals surface area contributed by atoms with Crippen LogP contribution in [0.5, 0.6) is 0 Å². The third-order valence-corrected chi connectivity index (χ3v) is 4.45. The van der Waals surface area contributed by atoms with Gasteiger partial charge in [0.15, 0.2) is 11.6 Å². The number of pyridine rings is 1. The summed E-state index contributed by atoms with van der Waals surface area (Å²) in [6.45, 7) is 1.96. The molecule has 2 heterocycles. The van der Waals surface area contributed by atoms with E-state index >= 15 is 0 Å². The number of para-hydroxylation sites is 1. The second kappa shape index (κ2) is 7.09. The van der Waals surface area contributed by atoms with Crippen molar-refractivity contribution >= 4 is 51.2 Å². The maximum absolute atomic E-state index is 6.31. The normalized spacial score (nSPS) is 10.7. The Morgan fingerprint density at radius 2 is 1.63 bits per heavy atom. The molecule has 0 amide bonds. The Labute approximate surface area is 161 Å². The van der Waals surface area contributed by atoms with Crippen LogP contribution in [0.2, 0.25) is 5.02 Å². The van der Waals surface area contributed by atoms with E-state index in [1.807, 2.05) is 55.5 Å². The molecular formula is C20H17ClN6. The number of aromatic nitrogens is 3. The predicted octanol–water partition coefficient (Wildman–Crippen LogP) is 5.06. The number of benzene rings is 2. The lowest BCUT2D eigenvalue weighted by atomic mass is 10.2. The molecule has 0 unspecified atom stereocenters. The molecule has 134 valence electrons. The maximum atomic E-state index is 6.31. The number of aryl methyl sites for hydroxylation is 1. The highest BCUT2D eigenvalue weighted by atomic mass is 35.5. The number of hydrogen-bond donors (Lipinski definition) is 3. The zero-order valence-electron chi connectivity index (χ0n) is 14.6. The number of nitrogens with one attached hydrogen (secondary N) is 2. The minimum Gasteiger partial charge on any atom is -0.393 e. The molecule has 0 aliphatic carbocycles. The number of nitrogens with two attached hydrogens (primary N) is 1. The molecule has 7 heteroatoms. The van der Waals surface area contributed by atoms with Gasteiger partial charge in [0.2, 0.25) is 0 Å². The van der Waals surface area contributed by atoms with Crippen molar-refractivity contribution in [2.75, 3.05) is 16.4 Å². The summed E-state index contributed by atoms with van der Waals surface area (Å²) in [5.41, 5.74) is 10.3. The summed E-state index contributed by atoms with van der Waals surface area (Å²) in [4.78, 5) is 13.0. The molecule has 4 aromatic rings. The van der Waals surface area contributed by atoms with Gasteiger partial charge >= 0.3 is 0 Å². The minimum absolute atomic E-state index is 0.416. The lowest BCUT2D eigenvalue weighted by Gasteiger charge is -2.14. The van der Waals surface area contributed by atoms with Crippen molar-refractivity contribution in [2.45, 2.75) is 6.92 Å². The van der Waals surface area contributed by atoms with Gasteiger partial charge in [-0.25, -0.2) is 9.97 Å². The smallest absolute Gasteiger partial charge is 0.159 e. The Morgan fingerprint density at radius 1 is 0.889 bits per heavy atom. The van der Waals surface area contributed by atoms with Crippen LogP contribution < -0.4 is 16.4 Å². The third-order valence-electron chi connectivity index (χ3n) is 4.21. The highest BCUT2D eigenvalue weighted by Crippen LogP contribution is 2.31. The minimum atomic E-state index is 0.416. The van der Waals surface area contributed by atoms with Crippen molar-refractivity contribution in [3.8, 4) is 0 Å². The van der Waals surface area contributed by atoms with Gasteiger partial charge in [-0.15, -0.1) is 0 Å². The summed E-state index contributed by atoms with van der Waals surface area (Å²) in [5.74, 6) is 1.03. The topological polar surface area (TPSA) is 88.8 Å². The van der Waals surface area contributed by atoms with Crippen LogP contribution in [0, 0.1) is 6.92 Å². The summed E-state index contributed by atoms with van der Waals surface area (Å²) in [7, 11) is 0. The van der Waals surface area contributed by atoms with Crippen LogP contribution >= 0.6 is 11.6 Å². The average molecular weight is 377 g/mol. The number of hydrogen-bond acceptors (Lipinski definition) is 6. The number of nitrogens with zero attached hydrogens (tertiary/aromatic N) is 3. The number of anilines is 5. The van der Waals surface area contributed by atoms with Gasteiger partial charge < -0.3 is 16.4 Å². The average Bonchev–Trinajstić information content (AvgIpc) is 2.67. The van der Waals surface area contributed by atoms with Gasteiger partial charge in [-0.3, -0.25) is 4.98 Å². The summed E-state index contributed by atoms with van der Waals surface area (Å²) in [6, 6.07) is 15.4. The lowest BCUT2D eigenvalue weighted by Crippen LogP contribution is -2.06. The van der Waals surface area contributed by atoms with Crippen LogP contribution in [-0.2, 0) is 0 Å². The Kier molecular flexibility index (Phi) is 4.48. The second-order valence-electron chi connectivity index (χ2n) is 6.07. The fourth-order valence-corrected chi connectivity index (χ4v) is 3.05. The standard InChI is InChI=1S/C20H17ClN6/c1-12-10-14(21)7-8-15(12)26-19-17(22)20(25-11-24-19)27-16-6-2-4-13-5-3-9-23-18(13)16/h2-11H,22H2,1H3,(H2,24,25,26,27). The molecule has 2 aromatic heterocycles. The Balaban J connectivity index is 1.67. The van der Waals surface area contributed by atoms with Crippen LogP contribution in [0.25, 0.3) is 10.9 Å². The molecule has 0 bridgehead atoms. The first-order chi connectivity index (χ1) is 13.1. The zero-order chi connectivity index (χ0) is 18.8. The van der Waals surface area contributed by atoms with Crippen molar-refractivity contribution in [3.05, 3.63) is 71.6 Å². The SMILES string of the molecule is Cc1cc(Cl)ccc1Nc1ncnc(Nc2cccc3cccnc23)c1N. The van der Waals surface area contributed by atoms with E-state index in [0.29, 0.717) is 22.3 Å². The lowest BCUT2D eigenvalue weighted by molar-refractivity contribution is 1.17. The number of halogens is 1. The van der Waals surface area contributed by atoms with Gasteiger partial charge in [0, 0.05) is 22.3 Å². The van der Waals surface area contributed by atoms with Gasteiger partial charge in [0.05, 0.1) is 11.2 Å². The summed E-state index contributed by atoms with van der Waals surface area (Å²) >= 11 is 6.02. The van der Waals surface area contributed by atoms with Gasteiger partial charge in [-0.05, 0) is 42.8 Å². The first-order valence-corrected chi connectivity index (χ1v) is 8.74. The summed E-state index contributed by atoms with van der Waals surface area (Å²) in [5, 5.41) is 8.22. The number of nitrogen functional groups attached to an aromatic ring is 1. The van der Waals surface area contributed by atoms with Crippen LogP contribution in [0.4, 0.5) is 28.7 Å². The molecule has 0 spiro atoms. The van der Waals surface area contributed by atoms with Crippen molar-refractivity contribution < 1.29 is 0 Å². The van der Waals surface area contributed by atoms with Crippen molar-refractivity contribution in [3.63, 3.8) is 0 Å². The molecular weight excluding hydrogens is 360 g/mol. The maximum Gasteiger partial charge on any atom is 0.159 e. The van der Waals surface area contributed by atoms with Crippen LogP contribution in [0.15, 0.2) is 61.1 Å². The predicted molar refractivity (Wildman–Crippen MR) is 111 cm³/mol. The molecule has 0 aliphatic rings. The molecule has 0 radical (unpaired) electrons. The largest absolute Gasteiger partial charge is 0.393 e. The van der Waals surface area contributed by atoms with Crippen molar-refractivity contribution in [2.24, 2.45) is 0 Å². The zero-order valence-corrected chi connectivity index (χ0v) is 15.3. The molecule has 27 heavy (non-hydrogen) atoms. The Bertz CT molecular complexity index is 1120. The van der Waals surface area contributed by atoms with Crippen molar-refractivity contribution in [1.29, 1.82) is 0 Å². The Morgan fingerprint density at radius 3 is 2.41 bits per heavy atom. The quantitative estimate of drug-likeness (QED) is 0.461. The van der Waals surface area contributed by atoms with Crippen LogP contribution in [-0.4, -0.2) is 15.0 Å². The van der Waals surface area contributed by atoms with E-state index in [2.05, 4.69) is 25.6 Å². The third kappa shape index (κ3) is 3.47. The highest BCUT2D eigenvalue weighted by Gasteiger charge is 2.11. The highest BCUT2D eigenvalue weighted by molar-refractivity contribution is 6.30. The van der Waals surface area contributed by atoms with Crippen LogP contribution in [0.3, 0.4) is 0 Å². The van der Waals surface area contributed by atoms with E-state index in [4.69, 9.17) is 17.3 Å². The molecule has 0 saturated heterocycles. The van der Waals surface area contributed by atoms with Gasteiger partial charge in [-0.2, -0.15) is 0 Å². The summed E-state index contributed by atoms with van der Waals surface area (Å²) < 4.78 is 0. The number of rotatable bonds is 4. The van der Waals surface area contributed by atoms with E-state index in [1.165, 1.54) is 6.33 Å². The van der Waals surface area contributed by atoms with E-state index in [-0.39, 0.29) is 0 Å². The van der Waals surface area contributed by atoms with E-state index in [1.54, 1.807) is 6.20 Å². The first-order valence-electron chi connectivity index (χ1n) is 8.36. The Hall–Kier alpha value is -3.38.